The molecule has 0 radical (unpaired) electrons. The lowest BCUT2D eigenvalue weighted by Crippen LogP contribution is -2.46. The molecule has 0 aliphatic carbocycles. The van der Waals surface area contributed by atoms with Crippen molar-refractivity contribution in [2.45, 2.75) is 39.2 Å². The Kier molecular flexibility index (Phi) is 6.48. The van der Waals surface area contributed by atoms with Crippen LogP contribution < -0.4 is 10.6 Å². The number of piperidine rings is 1. The van der Waals surface area contributed by atoms with Gasteiger partial charge in [-0.25, -0.2) is 9.97 Å². The number of benzene rings is 1. The van der Waals surface area contributed by atoms with Gasteiger partial charge in [-0.1, -0.05) is 12.1 Å². The Hall–Kier alpha value is -3.57. The summed E-state index contributed by atoms with van der Waals surface area (Å²) in [6.45, 7) is 8.05. The Labute approximate surface area is 221 Å². The molecule has 200 valence electrons. The number of nitrogens with zero attached hydrogens (tertiary/aromatic N) is 8. The molecular weight excluding hydrogens is 482 g/mol. The van der Waals surface area contributed by atoms with E-state index in [-0.39, 0.29) is 5.91 Å². The first kappa shape index (κ1) is 24.7. The molecule has 2 fully saturated rings. The Bertz CT molecular complexity index is 1480. The summed E-state index contributed by atoms with van der Waals surface area (Å²) >= 11 is 0. The van der Waals surface area contributed by atoms with Crippen molar-refractivity contribution in [2.75, 3.05) is 44.3 Å². The molecule has 2 aliphatic heterocycles. The molecule has 6 rings (SSSR count). The number of anilines is 1. The molecular formula is C27H35N9O2. The number of imidazole rings is 2. The van der Waals surface area contributed by atoms with Gasteiger partial charge in [0.2, 0.25) is 11.9 Å². The molecule has 0 saturated carbocycles. The Morgan fingerprint density at radius 3 is 2.55 bits per heavy atom. The van der Waals surface area contributed by atoms with E-state index >= 15 is 0 Å². The maximum absolute atomic E-state index is 12.3. The number of rotatable bonds is 5. The van der Waals surface area contributed by atoms with E-state index in [0.717, 1.165) is 85.1 Å². The predicted molar refractivity (Wildman–Crippen MR) is 145 cm³/mol. The normalized spacial score (nSPS) is 18.0. The molecule has 0 bridgehead atoms. The molecule has 0 unspecified atom stereocenters. The minimum absolute atomic E-state index is 0.0338. The number of morpholine rings is 1. The number of nitrogens with two attached hydrogens (primary N) is 1. The van der Waals surface area contributed by atoms with Gasteiger partial charge in [0.1, 0.15) is 11.6 Å². The zero-order chi connectivity index (χ0) is 26.4. The summed E-state index contributed by atoms with van der Waals surface area (Å²) < 4.78 is 9.75. The molecule has 1 amide bonds. The van der Waals surface area contributed by atoms with Gasteiger partial charge < -0.3 is 24.8 Å². The Morgan fingerprint density at radius 2 is 1.82 bits per heavy atom. The minimum Gasteiger partial charge on any atom is -0.378 e. The highest BCUT2D eigenvalue weighted by Gasteiger charge is 2.28. The first-order chi connectivity index (χ1) is 18.4. The number of hydrogen-bond donors (Lipinski definition) is 1. The van der Waals surface area contributed by atoms with Crippen LogP contribution in [0.3, 0.4) is 0 Å². The lowest BCUT2D eigenvalue weighted by Gasteiger charge is -2.32. The van der Waals surface area contributed by atoms with Crippen LogP contribution in [0.1, 0.15) is 31.4 Å². The average Bonchev–Trinajstić information content (AvgIpc) is 3.44. The van der Waals surface area contributed by atoms with Crippen molar-refractivity contribution in [3.05, 3.63) is 35.9 Å². The molecule has 5 heterocycles. The molecule has 4 aromatic rings. The van der Waals surface area contributed by atoms with Crippen molar-refractivity contribution in [1.29, 1.82) is 0 Å². The number of carbonyl (C=O) groups excluding carboxylic acids is 1. The fourth-order valence-electron chi connectivity index (χ4n) is 5.66. The number of hydrogen-bond acceptors (Lipinski definition) is 8. The van der Waals surface area contributed by atoms with Crippen LogP contribution in [0.15, 0.2) is 24.3 Å². The molecule has 1 aromatic carbocycles. The first-order valence-corrected chi connectivity index (χ1v) is 13.5. The third-order valence-electron chi connectivity index (χ3n) is 7.81. The number of carbonyl (C=O) groups is 1. The Morgan fingerprint density at radius 1 is 1.08 bits per heavy atom. The van der Waals surface area contributed by atoms with Gasteiger partial charge in [-0.3, -0.25) is 9.36 Å². The van der Waals surface area contributed by atoms with Crippen LogP contribution in [0.4, 0.5) is 5.82 Å². The number of ether oxygens (including phenoxy) is 1. The summed E-state index contributed by atoms with van der Waals surface area (Å²) in [7, 11) is 2.04. The van der Waals surface area contributed by atoms with Crippen LogP contribution in [0.5, 0.6) is 0 Å². The van der Waals surface area contributed by atoms with E-state index in [9.17, 15) is 4.79 Å². The Balaban J connectivity index is 1.38. The molecule has 2 N–H and O–H groups in total. The number of para-hydroxylation sites is 2. The molecule has 3 aromatic heterocycles. The van der Waals surface area contributed by atoms with Gasteiger partial charge in [-0.05, 0) is 44.7 Å². The van der Waals surface area contributed by atoms with Crippen LogP contribution in [0, 0.1) is 12.8 Å². The topological polar surface area (TPSA) is 120 Å². The SMILES string of the molecule is Cc1nc2ccccc2n1-c1nc(N2CCOCC2)c2nc(CC3CCN(C(=O)[C@H](C)N)CC3)n(C)c2n1. The molecule has 38 heavy (non-hydrogen) atoms. The summed E-state index contributed by atoms with van der Waals surface area (Å²) in [5.41, 5.74) is 9.35. The number of fused-ring (bicyclic) bond motifs is 2. The molecule has 11 heteroatoms. The van der Waals surface area contributed by atoms with Crippen molar-refractivity contribution in [3.8, 4) is 5.95 Å². The van der Waals surface area contributed by atoms with Gasteiger partial charge in [0, 0.05) is 39.6 Å². The summed E-state index contributed by atoms with van der Waals surface area (Å²) in [4.78, 5) is 36.4. The van der Waals surface area contributed by atoms with Crippen LogP contribution in [-0.4, -0.2) is 85.3 Å². The standard InChI is InChI=1S/C27H35N9O2/c1-17(28)26(37)35-10-8-19(9-11-35)16-22-30-23-24(33(22)3)31-27(32-25(23)34-12-14-38-15-13-34)36-18(2)29-20-6-4-5-7-21(20)36/h4-7,17,19H,8-16,28H2,1-3H3/t17-/m0/s1. The van der Waals surface area contributed by atoms with E-state index in [2.05, 4.69) is 15.5 Å². The van der Waals surface area contributed by atoms with Crippen LogP contribution >= 0.6 is 0 Å². The highest BCUT2D eigenvalue weighted by atomic mass is 16.5. The maximum Gasteiger partial charge on any atom is 0.239 e. The molecule has 0 spiro atoms. The minimum atomic E-state index is -0.450. The average molecular weight is 518 g/mol. The summed E-state index contributed by atoms with van der Waals surface area (Å²) in [5.74, 6) is 3.75. The van der Waals surface area contributed by atoms with Crippen molar-refractivity contribution >= 4 is 33.9 Å². The quantitative estimate of drug-likeness (QED) is 0.427. The molecule has 11 nitrogen and oxygen atoms in total. The van der Waals surface area contributed by atoms with Gasteiger partial charge in [-0.15, -0.1) is 0 Å². The maximum atomic E-state index is 12.3. The van der Waals surface area contributed by atoms with E-state index in [1.54, 1.807) is 6.92 Å². The fourth-order valence-corrected chi connectivity index (χ4v) is 5.66. The second kappa shape index (κ2) is 9.95. The molecule has 2 saturated heterocycles. The van der Waals surface area contributed by atoms with Gasteiger partial charge in [0.25, 0.3) is 0 Å². The van der Waals surface area contributed by atoms with E-state index < -0.39 is 6.04 Å². The van der Waals surface area contributed by atoms with E-state index in [0.29, 0.717) is 25.1 Å². The summed E-state index contributed by atoms with van der Waals surface area (Å²) in [6, 6.07) is 7.61. The van der Waals surface area contributed by atoms with Crippen LogP contribution in [0.25, 0.3) is 28.1 Å². The largest absolute Gasteiger partial charge is 0.378 e. The lowest BCUT2D eigenvalue weighted by molar-refractivity contribution is -0.133. The fraction of sp³-hybridized carbons (Fsp3) is 0.519. The lowest BCUT2D eigenvalue weighted by atomic mass is 9.93. The molecule has 2 aliphatic rings. The van der Waals surface area contributed by atoms with E-state index in [1.807, 2.05) is 41.6 Å². The van der Waals surface area contributed by atoms with Crippen LogP contribution in [0.2, 0.25) is 0 Å². The summed E-state index contributed by atoms with van der Waals surface area (Å²) in [5, 5.41) is 0. The number of amides is 1. The zero-order valence-corrected chi connectivity index (χ0v) is 22.3. The predicted octanol–water partition coefficient (Wildman–Crippen LogP) is 1.98. The van der Waals surface area contributed by atoms with Crippen molar-refractivity contribution in [1.82, 2.24) is 34.0 Å². The second-order valence-corrected chi connectivity index (χ2v) is 10.5. The highest BCUT2D eigenvalue weighted by Crippen LogP contribution is 2.30. The monoisotopic (exact) mass is 517 g/mol. The second-order valence-electron chi connectivity index (χ2n) is 10.5. The van der Waals surface area contributed by atoms with Crippen LogP contribution in [-0.2, 0) is 23.0 Å². The van der Waals surface area contributed by atoms with Gasteiger partial charge in [-0.2, -0.15) is 9.97 Å². The van der Waals surface area contributed by atoms with Gasteiger partial charge in [0.15, 0.2) is 17.0 Å². The van der Waals surface area contributed by atoms with E-state index in [1.165, 1.54) is 0 Å². The van der Waals surface area contributed by atoms with Gasteiger partial charge in [0.05, 0.1) is 30.3 Å². The number of aromatic nitrogens is 6. The third kappa shape index (κ3) is 4.39. The highest BCUT2D eigenvalue weighted by molar-refractivity contribution is 5.86. The van der Waals surface area contributed by atoms with Gasteiger partial charge >= 0.3 is 0 Å². The zero-order valence-electron chi connectivity index (χ0n) is 22.3. The smallest absolute Gasteiger partial charge is 0.239 e. The molecule has 1 atom stereocenters. The number of aryl methyl sites for hydroxylation is 2. The number of likely N-dealkylation sites (tertiary alicyclic amines) is 1. The third-order valence-corrected chi connectivity index (χ3v) is 7.81. The first-order valence-electron chi connectivity index (χ1n) is 13.5. The van der Waals surface area contributed by atoms with Crippen molar-refractivity contribution in [2.24, 2.45) is 18.7 Å². The van der Waals surface area contributed by atoms with Crippen molar-refractivity contribution in [3.63, 3.8) is 0 Å². The summed E-state index contributed by atoms with van der Waals surface area (Å²) in [6.07, 6.45) is 2.71. The van der Waals surface area contributed by atoms with Crippen molar-refractivity contribution < 1.29 is 9.53 Å². The van der Waals surface area contributed by atoms with E-state index in [4.69, 9.17) is 30.4 Å².